The molecule has 1 aliphatic carbocycles. The van der Waals surface area contributed by atoms with Crippen LogP contribution in [0.15, 0.2) is 4.52 Å². The highest BCUT2D eigenvalue weighted by Crippen LogP contribution is 2.32. The van der Waals surface area contributed by atoms with Crippen LogP contribution in [-0.2, 0) is 11.3 Å². The highest BCUT2D eigenvalue weighted by Gasteiger charge is 2.22. The van der Waals surface area contributed by atoms with Crippen molar-refractivity contribution >= 4 is 6.09 Å². The third kappa shape index (κ3) is 4.22. The predicted molar refractivity (Wildman–Crippen MR) is 68.6 cm³/mol. The summed E-state index contributed by atoms with van der Waals surface area (Å²) in [6, 6.07) is 0. The van der Waals surface area contributed by atoms with Gasteiger partial charge in [-0.15, -0.1) is 0 Å². The molecule has 0 aliphatic heterocycles. The summed E-state index contributed by atoms with van der Waals surface area (Å²) < 4.78 is 10.3. The standard InChI is InChI=1S/C13H21N3O3/c1-13(2,3)18-12(17)14-8-10-15-11(16-19-10)9-6-4-5-7-9/h9H,4-8H2,1-3H3,(H,14,17). The number of amides is 1. The van der Waals surface area contributed by atoms with Crippen LogP contribution in [0.5, 0.6) is 0 Å². The van der Waals surface area contributed by atoms with E-state index in [4.69, 9.17) is 9.26 Å². The van der Waals surface area contributed by atoms with Crippen LogP contribution in [0.4, 0.5) is 4.79 Å². The van der Waals surface area contributed by atoms with Crippen molar-refractivity contribution in [1.29, 1.82) is 0 Å². The van der Waals surface area contributed by atoms with E-state index in [0.717, 1.165) is 18.7 Å². The maximum absolute atomic E-state index is 11.5. The Morgan fingerprint density at radius 2 is 2.11 bits per heavy atom. The Morgan fingerprint density at radius 3 is 2.74 bits per heavy atom. The predicted octanol–water partition coefficient (Wildman–Crippen LogP) is 2.75. The van der Waals surface area contributed by atoms with Crippen LogP contribution >= 0.6 is 0 Å². The smallest absolute Gasteiger partial charge is 0.408 e. The van der Waals surface area contributed by atoms with E-state index in [1.807, 2.05) is 20.8 Å². The zero-order chi connectivity index (χ0) is 13.9. The van der Waals surface area contributed by atoms with E-state index in [-0.39, 0.29) is 6.54 Å². The summed E-state index contributed by atoms with van der Waals surface area (Å²) in [5.74, 6) is 1.60. The van der Waals surface area contributed by atoms with Gasteiger partial charge < -0.3 is 14.6 Å². The number of nitrogens with zero attached hydrogens (tertiary/aromatic N) is 2. The average Bonchev–Trinajstić information content (AvgIpc) is 2.95. The Balaban J connectivity index is 1.81. The van der Waals surface area contributed by atoms with E-state index in [2.05, 4.69) is 15.5 Å². The molecule has 1 saturated carbocycles. The molecule has 0 aromatic carbocycles. The highest BCUT2D eigenvalue weighted by molar-refractivity contribution is 5.67. The van der Waals surface area contributed by atoms with Gasteiger partial charge in [-0.25, -0.2) is 4.79 Å². The molecule has 1 fully saturated rings. The molecule has 1 heterocycles. The molecule has 0 bridgehead atoms. The average molecular weight is 267 g/mol. The van der Waals surface area contributed by atoms with Gasteiger partial charge in [-0.05, 0) is 33.6 Å². The number of carbonyl (C=O) groups excluding carboxylic acids is 1. The molecule has 0 radical (unpaired) electrons. The van der Waals surface area contributed by atoms with E-state index < -0.39 is 11.7 Å². The van der Waals surface area contributed by atoms with Crippen molar-refractivity contribution in [1.82, 2.24) is 15.5 Å². The number of alkyl carbamates (subject to hydrolysis) is 1. The Morgan fingerprint density at radius 1 is 1.42 bits per heavy atom. The van der Waals surface area contributed by atoms with Gasteiger partial charge in [0.2, 0.25) is 5.89 Å². The van der Waals surface area contributed by atoms with Gasteiger partial charge in [-0.3, -0.25) is 0 Å². The molecule has 0 spiro atoms. The SMILES string of the molecule is CC(C)(C)OC(=O)NCc1nc(C2CCCC2)no1. The lowest BCUT2D eigenvalue weighted by Gasteiger charge is -2.19. The second-order valence-electron chi connectivity index (χ2n) is 5.88. The Kier molecular flexibility index (Phi) is 4.07. The van der Waals surface area contributed by atoms with Crippen LogP contribution < -0.4 is 5.32 Å². The minimum absolute atomic E-state index is 0.203. The van der Waals surface area contributed by atoms with Crippen LogP contribution in [0.2, 0.25) is 0 Å². The van der Waals surface area contributed by atoms with E-state index in [9.17, 15) is 4.79 Å². The molecule has 6 heteroatoms. The molecule has 1 aromatic heterocycles. The maximum Gasteiger partial charge on any atom is 0.408 e. The summed E-state index contributed by atoms with van der Waals surface area (Å²) in [4.78, 5) is 15.8. The third-order valence-electron chi connectivity index (χ3n) is 2.99. The monoisotopic (exact) mass is 267 g/mol. The highest BCUT2D eigenvalue weighted by atomic mass is 16.6. The van der Waals surface area contributed by atoms with Gasteiger partial charge in [-0.2, -0.15) is 4.98 Å². The molecule has 1 aliphatic rings. The molecule has 0 atom stereocenters. The Labute approximate surface area is 112 Å². The van der Waals surface area contributed by atoms with E-state index >= 15 is 0 Å². The minimum atomic E-state index is -0.506. The molecular formula is C13H21N3O3. The van der Waals surface area contributed by atoms with Gasteiger partial charge in [0.25, 0.3) is 0 Å². The van der Waals surface area contributed by atoms with Crippen molar-refractivity contribution in [2.75, 3.05) is 0 Å². The van der Waals surface area contributed by atoms with Gasteiger partial charge in [0.05, 0.1) is 0 Å². The maximum atomic E-state index is 11.5. The topological polar surface area (TPSA) is 77.2 Å². The largest absolute Gasteiger partial charge is 0.444 e. The van der Waals surface area contributed by atoms with Crippen LogP contribution in [0.25, 0.3) is 0 Å². The van der Waals surface area contributed by atoms with Crippen molar-refractivity contribution in [2.24, 2.45) is 0 Å². The van der Waals surface area contributed by atoms with Crippen molar-refractivity contribution in [2.45, 2.75) is 64.5 Å². The van der Waals surface area contributed by atoms with Gasteiger partial charge in [0.15, 0.2) is 5.82 Å². The summed E-state index contributed by atoms with van der Waals surface area (Å²) >= 11 is 0. The van der Waals surface area contributed by atoms with Gasteiger partial charge in [-0.1, -0.05) is 18.0 Å². The second kappa shape index (κ2) is 5.59. The summed E-state index contributed by atoms with van der Waals surface area (Å²) in [6.45, 7) is 5.65. The quantitative estimate of drug-likeness (QED) is 0.911. The number of hydrogen-bond acceptors (Lipinski definition) is 5. The minimum Gasteiger partial charge on any atom is -0.444 e. The zero-order valence-corrected chi connectivity index (χ0v) is 11.7. The molecule has 0 unspecified atom stereocenters. The van der Waals surface area contributed by atoms with Crippen molar-refractivity contribution < 1.29 is 14.1 Å². The second-order valence-corrected chi connectivity index (χ2v) is 5.88. The molecule has 106 valence electrons. The fraction of sp³-hybridized carbons (Fsp3) is 0.769. The lowest BCUT2D eigenvalue weighted by Crippen LogP contribution is -2.32. The summed E-state index contributed by atoms with van der Waals surface area (Å²) in [6.07, 6.45) is 4.22. The zero-order valence-electron chi connectivity index (χ0n) is 11.7. The first-order chi connectivity index (χ1) is 8.94. The first kappa shape index (κ1) is 13.8. The lowest BCUT2D eigenvalue weighted by molar-refractivity contribution is 0.0518. The van der Waals surface area contributed by atoms with E-state index in [1.54, 1.807) is 0 Å². The first-order valence-electron chi connectivity index (χ1n) is 6.73. The van der Waals surface area contributed by atoms with Crippen molar-refractivity contribution in [3.8, 4) is 0 Å². The van der Waals surface area contributed by atoms with E-state index in [0.29, 0.717) is 11.8 Å². The fourth-order valence-electron chi connectivity index (χ4n) is 2.15. The van der Waals surface area contributed by atoms with Crippen molar-refractivity contribution in [3.05, 3.63) is 11.7 Å². The molecule has 19 heavy (non-hydrogen) atoms. The van der Waals surface area contributed by atoms with Crippen molar-refractivity contribution in [3.63, 3.8) is 0 Å². The van der Waals surface area contributed by atoms with Gasteiger partial charge in [0, 0.05) is 5.92 Å². The molecule has 2 rings (SSSR count). The molecule has 0 saturated heterocycles. The fourth-order valence-corrected chi connectivity index (χ4v) is 2.15. The number of carbonyl (C=O) groups is 1. The molecule has 1 amide bonds. The summed E-state index contributed by atoms with van der Waals surface area (Å²) in [5.41, 5.74) is -0.506. The molecule has 1 aromatic rings. The molecule has 6 nitrogen and oxygen atoms in total. The number of aromatic nitrogens is 2. The molecular weight excluding hydrogens is 246 g/mol. The molecule has 1 N–H and O–H groups in total. The lowest BCUT2D eigenvalue weighted by atomic mass is 10.1. The first-order valence-corrected chi connectivity index (χ1v) is 6.73. The van der Waals surface area contributed by atoms with Crippen LogP contribution in [0.3, 0.4) is 0 Å². The number of nitrogens with one attached hydrogen (secondary N) is 1. The van der Waals surface area contributed by atoms with E-state index in [1.165, 1.54) is 12.8 Å². The third-order valence-corrected chi connectivity index (χ3v) is 2.99. The number of ether oxygens (including phenoxy) is 1. The van der Waals surface area contributed by atoms with Gasteiger partial charge >= 0.3 is 6.09 Å². The number of hydrogen-bond donors (Lipinski definition) is 1. The van der Waals surface area contributed by atoms with Crippen LogP contribution in [0, 0.1) is 0 Å². The normalized spacial score (nSPS) is 16.6. The summed E-state index contributed by atoms with van der Waals surface area (Å²) in [7, 11) is 0. The Bertz CT molecular complexity index is 431. The summed E-state index contributed by atoms with van der Waals surface area (Å²) in [5, 5.41) is 6.57. The van der Waals surface area contributed by atoms with Crippen LogP contribution in [-0.4, -0.2) is 21.8 Å². The van der Waals surface area contributed by atoms with Crippen LogP contribution in [0.1, 0.15) is 64.1 Å². The Hall–Kier alpha value is -1.59. The van der Waals surface area contributed by atoms with Gasteiger partial charge in [0.1, 0.15) is 12.1 Å². The number of rotatable bonds is 3.